The summed E-state index contributed by atoms with van der Waals surface area (Å²) in [4.78, 5) is 0. The summed E-state index contributed by atoms with van der Waals surface area (Å²) in [7, 11) is 0. The summed E-state index contributed by atoms with van der Waals surface area (Å²) in [6.07, 6.45) is 11.8. The minimum absolute atomic E-state index is 0.0550. The van der Waals surface area contributed by atoms with Crippen molar-refractivity contribution >= 4 is 0 Å². The second kappa shape index (κ2) is 8.65. The smallest absolute Gasteiger partial charge is 0.164 e. The van der Waals surface area contributed by atoms with Crippen LogP contribution in [0, 0.1) is 29.4 Å². The van der Waals surface area contributed by atoms with Gasteiger partial charge in [0.05, 0.1) is 6.10 Å². The molecule has 0 bridgehead atoms. The molecule has 1 aromatic carbocycles. The van der Waals surface area contributed by atoms with E-state index in [1.807, 2.05) is 6.92 Å². The number of rotatable bonds is 5. The number of halogens is 2. The van der Waals surface area contributed by atoms with Crippen molar-refractivity contribution in [2.24, 2.45) is 17.8 Å². The lowest BCUT2D eigenvalue weighted by Gasteiger charge is -2.34. The minimum Gasteiger partial charge on any atom is -0.388 e. The van der Waals surface area contributed by atoms with Crippen LogP contribution in [0.15, 0.2) is 24.3 Å². The van der Waals surface area contributed by atoms with E-state index in [1.54, 1.807) is 12.1 Å². The number of aliphatic hydroxyl groups excluding tert-OH is 1. The Bertz CT molecular complexity index is 631. The van der Waals surface area contributed by atoms with Gasteiger partial charge >= 0.3 is 0 Å². The Morgan fingerprint density at radius 2 is 1.73 bits per heavy atom. The van der Waals surface area contributed by atoms with Gasteiger partial charge in [-0.2, -0.15) is 0 Å². The molecule has 0 aromatic heterocycles. The van der Waals surface area contributed by atoms with E-state index in [-0.39, 0.29) is 11.5 Å². The van der Waals surface area contributed by atoms with Crippen LogP contribution in [0.4, 0.5) is 8.78 Å². The zero-order valence-electron chi connectivity index (χ0n) is 16.1. The maximum atomic E-state index is 14.6. The first-order chi connectivity index (χ1) is 12.5. The van der Waals surface area contributed by atoms with E-state index in [2.05, 4.69) is 19.1 Å². The monoisotopic (exact) mass is 362 g/mol. The topological polar surface area (TPSA) is 20.2 Å². The number of hydrogen-bond acceptors (Lipinski definition) is 1. The van der Waals surface area contributed by atoms with E-state index in [1.165, 1.54) is 25.7 Å². The van der Waals surface area contributed by atoms with Gasteiger partial charge < -0.3 is 5.11 Å². The summed E-state index contributed by atoms with van der Waals surface area (Å²) in [5.41, 5.74) is 0.518. The molecule has 0 aliphatic heterocycles. The van der Waals surface area contributed by atoms with Crippen molar-refractivity contribution in [1.29, 1.82) is 0 Å². The molecule has 3 atom stereocenters. The van der Waals surface area contributed by atoms with Crippen molar-refractivity contribution in [2.75, 3.05) is 0 Å². The van der Waals surface area contributed by atoms with Crippen molar-refractivity contribution in [3.05, 3.63) is 47.0 Å². The van der Waals surface area contributed by atoms with Gasteiger partial charge in [0.15, 0.2) is 11.6 Å². The molecule has 1 aromatic rings. The third kappa shape index (κ3) is 4.19. The summed E-state index contributed by atoms with van der Waals surface area (Å²) < 4.78 is 29.1. The van der Waals surface area contributed by atoms with Crippen LogP contribution >= 0.6 is 0 Å². The van der Waals surface area contributed by atoms with Crippen molar-refractivity contribution in [3.63, 3.8) is 0 Å². The number of allylic oxidation sites excluding steroid dienone is 2. The Labute approximate surface area is 156 Å². The summed E-state index contributed by atoms with van der Waals surface area (Å²) in [5.74, 6) is 0.497. The Balaban J connectivity index is 1.70. The van der Waals surface area contributed by atoms with Gasteiger partial charge in [-0.1, -0.05) is 57.4 Å². The fourth-order valence-electron chi connectivity index (χ4n) is 4.76. The molecule has 0 radical (unpaired) electrons. The van der Waals surface area contributed by atoms with E-state index in [0.717, 1.165) is 31.1 Å². The van der Waals surface area contributed by atoms with Crippen molar-refractivity contribution in [1.82, 2.24) is 0 Å². The average Bonchev–Trinajstić information content (AvgIpc) is 2.65. The summed E-state index contributed by atoms with van der Waals surface area (Å²) in [6, 6.07) is 3.24. The molecule has 2 aliphatic rings. The minimum atomic E-state index is -0.927. The molecule has 2 aliphatic carbocycles. The van der Waals surface area contributed by atoms with Crippen molar-refractivity contribution < 1.29 is 13.9 Å². The molecule has 3 heteroatoms. The predicted molar refractivity (Wildman–Crippen MR) is 102 cm³/mol. The van der Waals surface area contributed by atoms with E-state index in [4.69, 9.17) is 0 Å². The quantitative estimate of drug-likeness (QED) is 0.580. The van der Waals surface area contributed by atoms with E-state index in [0.29, 0.717) is 17.9 Å². The van der Waals surface area contributed by atoms with Gasteiger partial charge in [0, 0.05) is 11.5 Å². The maximum Gasteiger partial charge on any atom is 0.164 e. The van der Waals surface area contributed by atoms with Gasteiger partial charge in [-0.05, 0) is 55.4 Å². The van der Waals surface area contributed by atoms with Crippen LogP contribution in [0.3, 0.4) is 0 Å². The number of hydrogen-bond donors (Lipinski definition) is 1. The summed E-state index contributed by atoms with van der Waals surface area (Å²) in [6.45, 7) is 4.25. The van der Waals surface area contributed by atoms with Gasteiger partial charge in [0.2, 0.25) is 0 Å². The molecular weight excluding hydrogens is 330 g/mol. The third-order valence-corrected chi connectivity index (χ3v) is 6.53. The molecular formula is C23H32F2O. The highest BCUT2D eigenvalue weighted by Gasteiger charge is 2.29. The first kappa shape index (κ1) is 19.5. The summed E-state index contributed by atoms with van der Waals surface area (Å²) >= 11 is 0. The first-order valence-corrected chi connectivity index (χ1v) is 10.3. The van der Waals surface area contributed by atoms with Crippen LogP contribution < -0.4 is 0 Å². The van der Waals surface area contributed by atoms with Crippen molar-refractivity contribution in [2.45, 2.75) is 77.2 Å². The highest BCUT2D eigenvalue weighted by atomic mass is 19.2. The van der Waals surface area contributed by atoms with Gasteiger partial charge in [-0.3, -0.25) is 0 Å². The van der Waals surface area contributed by atoms with Gasteiger partial charge in [0.1, 0.15) is 0 Å². The molecule has 1 fully saturated rings. The standard InChI is InChI=1S/C23H32F2O/c1-3-4-21(26)20-14-13-19(22(24)23(20)25)18-11-9-17(10-12-18)16-7-5-15(2)6-8-16/h9,11,13-18,21,26H,3-8,10,12H2,1-2H3. The fraction of sp³-hybridized carbons (Fsp3) is 0.652. The lowest BCUT2D eigenvalue weighted by Crippen LogP contribution is -2.22. The van der Waals surface area contributed by atoms with Crippen LogP contribution in [0.1, 0.15) is 88.4 Å². The average molecular weight is 363 g/mol. The molecule has 0 heterocycles. The zero-order chi connectivity index (χ0) is 18.7. The molecule has 0 saturated heterocycles. The Morgan fingerprint density at radius 1 is 1.00 bits per heavy atom. The highest BCUT2D eigenvalue weighted by Crippen LogP contribution is 2.41. The van der Waals surface area contributed by atoms with E-state index >= 15 is 0 Å². The molecule has 1 saturated carbocycles. The maximum absolute atomic E-state index is 14.6. The van der Waals surface area contributed by atoms with E-state index < -0.39 is 17.7 Å². The molecule has 0 amide bonds. The molecule has 3 rings (SSSR count). The predicted octanol–water partition coefficient (Wildman–Crippen LogP) is 6.67. The van der Waals surface area contributed by atoms with Crippen molar-refractivity contribution in [3.8, 4) is 0 Å². The number of aliphatic hydroxyl groups is 1. The second-order valence-corrected chi connectivity index (χ2v) is 8.43. The Morgan fingerprint density at radius 3 is 2.35 bits per heavy atom. The van der Waals surface area contributed by atoms with Crippen LogP contribution in [-0.2, 0) is 0 Å². The highest BCUT2D eigenvalue weighted by molar-refractivity contribution is 5.33. The van der Waals surface area contributed by atoms with Gasteiger partial charge in [-0.15, -0.1) is 0 Å². The Hall–Kier alpha value is -1.22. The fourth-order valence-corrected chi connectivity index (χ4v) is 4.76. The van der Waals surface area contributed by atoms with Crippen LogP contribution in [0.2, 0.25) is 0 Å². The molecule has 1 N–H and O–H groups in total. The largest absolute Gasteiger partial charge is 0.388 e. The van der Waals surface area contributed by atoms with Crippen LogP contribution in [0.25, 0.3) is 0 Å². The lowest BCUT2D eigenvalue weighted by molar-refractivity contribution is 0.160. The molecule has 0 spiro atoms. The SMILES string of the molecule is CCCC(O)c1ccc(C2C=CC(C3CCC(C)CC3)CC2)c(F)c1F. The van der Waals surface area contributed by atoms with Gasteiger partial charge in [-0.25, -0.2) is 8.78 Å². The zero-order valence-corrected chi connectivity index (χ0v) is 16.1. The van der Waals surface area contributed by atoms with Crippen LogP contribution in [-0.4, -0.2) is 5.11 Å². The molecule has 26 heavy (non-hydrogen) atoms. The van der Waals surface area contributed by atoms with Gasteiger partial charge in [0.25, 0.3) is 0 Å². The second-order valence-electron chi connectivity index (χ2n) is 8.43. The third-order valence-electron chi connectivity index (χ3n) is 6.53. The normalized spacial score (nSPS) is 30.3. The number of benzene rings is 1. The summed E-state index contributed by atoms with van der Waals surface area (Å²) in [5, 5.41) is 10.0. The molecule has 1 nitrogen and oxygen atoms in total. The van der Waals surface area contributed by atoms with Crippen LogP contribution in [0.5, 0.6) is 0 Å². The Kier molecular flexibility index (Phi) is 6.50. The molecule has 144 valence electrons. The van der Waals surface area contributed by atoms with E-state index in [9.17, 15) is 13.9 Å². The molecule has 3 unspecified atom stereocenters. The first-order valence-electron chi connectivity index (χ1n) is 10.3. The lowest BCUT2D eigenvalue weighted by atomic mass is 9.71.